The third-order valence-corrected chi connectivity index (χ3v) is 6.18. The van der Waals surface area contributed by atoms with Crippen LogP contribution in [0.1, 0.15) is 29.7 Å². The molecule has 0 saturated heterocycles. The van der Waals surface area contributed by atoms with Crippen LogP contribution in [0.25, 0.3) is 20.9 Å². The van der Waals surface area contributed by atoms with Crippen LogP contribution in [-0.4, -0.2) is 9.97 Å². The van der Waals surface area contributed by atoms with E-state index in [-0.39, 0.29) is 11.2 Å². The van der Waals surface area contributed by atoms with E-state index in [1.807, 2.05) is 25.1 Å². The van der Waals surface area contributed by atoms with Gasteiger partial charge < -0.3 is 0 Å². The maximum absolute atomic E-state index is 14.3. The lowest BCUT2D eigenvalue weighted by Crippen LogP contribution is -2.10. The van der Waals surface area contributed by atoms with Gasteiger partial charge in [0, 0.05) is 11.0 Å². The SMILES string of the molecule is Cc1ccc(-c2nc3ccc(C4(c5ccccc5)CC4)nc3s2)c(F)c1. The number of hydrogen-bond donors (Lipinski definition) is 0. The Hall–Kier alpha value is -2.59. The molecule has 0 amide bonds. The van der Waals surface area contributed by atoms with Crippen molar-refractivity contribution >= 4 is 21.7 Å². The molecule has 1 aliphatic carbocycles. The summed E-state index contributed by atoms with van der Waals surface area (Å²) in [6, 6.07) is 19.9. The van der Waals surface area contributed by atoms with Crippen LogP contribution >= 0.6 is 11.3 Å². The van der Waals surface area contributed by atoms with Crippen LogP contribution in [0.2, 0.25) is 0 Å². The fourth-order valence-electron chi connectivity index (χ4n) is 3.57. The summed E-state index contributed by atoms with van der Waals surface area (Å²) < 4.78 is 14.3. The molecule has 0 radical (unpaired) electrons. The van der Waals surface area contributed by atoms with E-state index in [0.29, 0.717) is 10.6 Å². The number of fused-ring (bicyclic) bond motifs is 1. The number of halogens is 1. The van der Waals surface area contributed by atoms with Gasteiger partial charge >= 0.3 is 0 Å². The largest absolute Gasteiger partial charge is 0.239 e. The summed E-state index contributed by atoms with van der Waals surface area (Å²) in [4.78, 5) is 10.4. The zero-order valence-electron chi connectivity index (χ0n) is 14.4. The van der Waals surface area contributed by atoms with E-state index < -0.39 is 0 Å². The molecule has 4 heteroatoms. The minimum Gasteiger partial charge on any atom is -0.239 e. The quantitative estimate of drug-likeness (QED) is 0.455. The van der Waals surface area contributed by atoms with Gasteiger partial charge in [-0.25, -0.2) is 14.4 Å². The van der Waals surface area contributed by atoms with Gasteiger partial charge in [-0.2, -0.15) is 0 Å². The Balaban J connectivity index is 1.59. The lowest BCUT2D eigenvalue weighted by atomic mass is 9.92. The smallest absolute Gasteiger partial charge is 0.144 e. The fourth-order valence-corrected chi connectivity index (χ4v) is 4.53. The summed E-state index contributed by atoms with van der Waals surface area (Å²) in [6.07, 6.45) is 2.24. The van der Waals surface area contributed by atoms with Crippen LogP contribution in [0, 0.1) is 12.7 Å². The van der Waals surface area contributed by atoms with E-state index in [2.05, 4.69) is 35.3 Å². The van der Waals surface area contributed by atoms with Crippen LogP contribution in [0.3, 0.4) is 0 Å². The Morgan fingerprint density at radius 3 is 2.50 bits per heavy atom. The van der Waals surface area contributed by atoms with Crippen LogP contribution < -0.4 is 0 Å². The molecule has 1 saturated carbocycles. The first-order chi connectivity index (χ1) is 12.7. The fraction of sp³-hybridized carbons (Fsp3) is 0.182. The monoisotopic (exact) mass is 360 g/mol. The normalized spacial score (nSPS) is 15.3. The molecule has 0 bridgehead atoms. The molecule has 4 aromatic rings. The first kappa shape index (κ1) is 15.6. The molecule has 1 fully saturated rings. The van der Waals surface area contributed by atoms with Gasteiger partial charge in [0.1, 0.15) is 21.2 Å². The van der Waals surface area contributed by atoms with E-state index in [4.69, 9.17) is 4.98 Å². The van der Waals surface area contributed by atoms with Crippen molar-refractivity contribution < 1.29 is 4.39 Å². The van der Waals surface area contributed by atoms with Crippen molar-refractivity contribution in [1.29, 1.82) is 0 Å². The minimum atomic E-state index is -0.229. The van der Waals surface area contributed by atoms with E-state index in [0.717, 1.165) is 34.4 Å². The number of rotatable bonds is 3. The molecule has 0 unspecified atom stereocenters. The molecular formula is C22H17FN2S. The van der Waals surface area contributed by atoms with Crippen LogP contribution in [0.4, 0.5) is 4.39 Å². The third-order valence-electron chi connectivity index (χ3n) is 5.18. The summed E-state index contributed by atoms with van der Waals surface area (Å²) in [5, 5.41) is 0.687. The number of nitrogens with zero attached hydrogens (tertiary/aromatic N) is 2. The summed E-state index contributed by atoms with van der Waals surface area (Å²) in [7, 11) is 0. The average Bonchev–Trinajstić information content (AvgIpc) is 3.36. The maximum atomic E-state index is 14.3. The summed E-state index contributed by atoms with van der Waals surface area (Å²) >= 11 is 1.46. The Morgan fingerprint density at radius 2 is 1.77 bits per heavy atom. The molecule has 26 heavy (non-hydrogen) atoms. The first-order valence-corrected chi connectivity index (χ1v) is 9.57. The maximum Gasteiger partial charge on any atom is 0.144 e. The van der Waals surface area contributed by atoms with Crippen molar-refractivity contribution in [1.82, 2.24) is 9.97 Å². The van der Waals surface area contributed by atoms with E-state index in [9.17, 15) is 4.39 Å². The number of hydrogen-bond acceptors (Lipinski definition) is 3. The third kappa shape index (κ3) is 2.44. The Labute approximate surface area is 155 Å². The summed E-state index contributed by atoms with van der Waals surface area (Å²) in [6.45, 7) is 1.89. The highest BCUT2D eigenvalue weighted by atomic mass is 32.1. The van der Waals surface area contributed by atoms with Gasteiger partial charge in [0.25, 0.3) is 0 Å². The van der Waals surface area contributed by atoms with Gasteiger partial charge in [0.15, 0.2) is 0 Å². The average molecular weight is 360 g/mol. The Bertz CT molecular complexity index is 1110. The van der Waals surface area contributed by atoms with Gasteiger partial charge in [0.05, 0.1) is 5.69 Å². The molecule has 5 rings (SSSR count). The molecule has 0 atom stereocenters. The van der Waals surface area contributed by atoms with E-state index in [1.165, 1.54) is 16.9 Å². The lowest BCUT2D eigenvalue weighted by Gasteiger charge is -2.14. The number of thiazole rings is 1. The van der Waals surface area contributed by atoms with Gasteiger partial charge in [-0.1, -0.05) is 47.7 Å². The second-order valence-corrected chi connectivity index (χ2v) is 7.95. The topological polar surface area (TPSA) is 25.8 Å². The van der Waals surface area contributed by atoms with Crippen LogP contribution in [0.5, 0.6) is 0 Å². The number of benzene rings is 2. The van der Waals surface area contributed by atoms with E-state index >= 15 is 0 Å². The van der Waals surface area contributed by atoms with Crippen molar-refractivity contribution in [3.63, 3.8) is 0 Å². The minimum absolute atomic E-state index is 0.0364. The molecule has 2 nitrogen and oxygen atoms in total. The lowest BCUT2D eigenvalue weighted by molar-refractivity contribution is 0.630. The van der Waals surface area contributed by atoms with Crippen molar-refractivity contribution in [2.45, 2.75) is 25.2 Å². The zero-order chi connectivity index (χ0) is 17.7. The van der Waals surface area contributed by atoms with Gasteiger partial charge in [-0.15, -0.1) is 0 Å². The standard InChI is InChI=1S/C22H17FN2S/c1-14-7-8-16(17(23)13-14)20-24-18-9-10-19(25-21(18)26-20)22(11-12-22)15-5-3-2-4-6-15/h2-10,13H,11-12H2,1H3. The molecule has 0 N–H and O–H groups in total. The molecule has 1 aliphatic rings. The molecule has 0 spiro atoms. The second-order valence-electron chi connectivity index (χ2n) is 6.97. The predicted molar refractivity (Wildman–Crippen MR) is 104 cm³/mol. The van der Waals surface area contributed by atoms with Gasteiger partial charge in [0.2, 0.25) is 0 Å². The second kappa shape index (κ2) is 5.71. The summed E-state index contributed by atoms with van der Waals surface area (Å²) in [5.41, 5.74) is 4.74. The number of aromatic nitrogens is 2. The number of aryl methyl sites for hydroxylation is 1. The van der Waals surface area contributed by atoms with Crippen molar-refractivity contribution in [3.05, 3.63) is 83.3 Å². The predicted octanol–water partition coefficient (Wildman–Crippen LogP) is 5.89. The number of pyridine rings is 1. The van der Waals surface area contributed by atoms with Gasteiger partial charge in [-0.05, 0) is 55.2 Å². The van der Waals surface area contributed by atoms with Crippen molar-refractivity contribution in [2.75, 3.05) is 0 Å². The molecular weight excluding hydrogens is 343 g/mol. The molecule has 128 valence electrons. The molecule has 2 aromatic heterocycles. The highest BCUT2D eigenvalue weighted by molar-refractivity contribution is 7.21. The molecule has 0 aliphatic heterocycles. The first-order valence-electron chi connectivity index (χ1n) is 8.76. The summed E-state index contributed by atoms with van der Waals surface area (Å²) in [5.74, 6) is -0.229. The zero-order valence-corrected chi connectivity index (χ0v) is 15.2. The molecule has 2 aromatic carbocycles. The Kier molecular flexibility index (Phi) is 3.44. The van der Waals surface area contributed by atoms with Crippen molar-refractivity contribution in [2.24, 2.45) is 0 Å². The Morgan fingerprint density at radius 1 is 0.962 bits per heavy atom. The highest BCUT2D eigenvalue weighted by Gasteiger charge is 2.47. The van der Waals surface area contributed by atoms with Crippen molar-refractivity contribution in [3.8, 4) is 10.6 Å². The van der Waals surface area contributed by atoms with Crippen LogP contribution in [-0.2, 0) is 5.41 Å². The van der Waals surface area contributed by atoms with Crippen LogP contribution in [0.15, 0.2) is 60.7 Å². The van der Waals surface area contributed by atoms with Gasteiger partial charge in [-0.3, -0.25) is 0 Å². The molecule has 2 heterocycles. The van der Waals surface area contributed by atoms with E-state index in [1.54, 1.807) is 12.1 Å². The highest BCUT2D eigenvalue weighted by Crippen LogP contribution is 2.53.